The first-order chi connectivity index (χ1) is 8.40. The van der Waals surface area contributed by atoms with Crippen molar-refractivity contribution in [3.05, 3.63) is 27.1 Å². The molecule has 0 aliphatic heterocycles. The molecule has 2 rings (SSSR count). The fourth-order valence-corrected chi connectivity index (χ4v) is 5.15. The summed E-state index contributed by atoms with van der Waals surface area (Å²) in [7, 11) is -3.46. The van der Waals surface area contributed by atoms with Gasteiger partial charge in [-0.15, -0.1) is 0 Å². The van der Waals surface area contributed by atoms with E-state index in [9.17, 15) is 8.42 Å². The lowest BCUT2D eigenvalue weighted by atomic mass is 10.1. The van der Waals surface area contributed by atoms with E-state index in [1.54, 1.807) is 18.2 Å². The number of hydrogen-bond donors (Lipinski definition) is 1. The molecule has 0 bridgehead atoms. The Labute approximate surface area is 125 Å². The van der Waals surface area contributed by atoms with E-state index in [0.717, 1.165) is 23.7 Å². The van der Waals surface area contributed by atoms with Gasteiger partial charge in [0.15, 0.2) is 0 Å². The molecule has 1 saturated carbocycles. The van der Waals surface area contributed by atoms with Gasteiger partial charge in [0.1, 0.15) is 0 Å². The van der Waals surface area contributed by atoms with Crippen LogP contribution in [0.1, 0.15) is 26.2 Å². The summed E-state index contributed by atoms with van der Waals surface area (Å²) < 4.78 is 28.8. The third kappa shape index (κ3) is 3.15. The minimum absolute atomic E-state index is 0.0564. The topological polar surface area (TPSA) is 46.2 Å². The second-order valence-corrected chi connectivity index (χ2v) is 8.16. The summed E-state index contributed by atoms with van der Waals surface area (Å²) >= 11 is 6.59. The van der Waals surface area contributed by atoms with Crippen molar-refractivity contribution in [1.29, 1.82) is 0 Å². The predicted octanol–water partition coefficient (Wildman–Crippen LogP) is 3.68. The molecule has 100 valence electrons. The van der Waals surface area contributed by atoms with E-state index in [4.69, 9.17) is 0 Å². The highest BCUT2D eigenvalue weighted by Crippen LogP contribution is 2.29. The van der Waals surface area contributed by atoms with Gasteiger partial charge in [-0.05, 0) is 52.9 Å². The van der Waals surface area contributed by atoms with Crippen LogP contribution >= 0.6 is 31.9 Å². The van der Waals surface area contributed by atoms with Crippen LogP contribution in [0.4, 0.5) is 0 Å². The third-order valence-electron chi connectivity index (χ3n) is 3.35. The molecule has 0 amide bonds. The zero-order valence-corrected chi connectivity index (χ0v) is 14.0. The Balaban J connectivity index is 2.28. The fourth-order valence-electron chi connectivity index (χ4n) is 2.27. The Morgan fingerprint density at radius 3 is 2.61 bits per heavy atom. The SMILES string of the molecule is CC1CCCC1NS(=O)(=O)c1cc(Br)ccc1Br. The van der Waals surface area contributed by atoms with Crippen LogP contribution in [0, 0.1) is 5.92 Å². The van der Waals surface area contributed by atoms with Crippen molar-refractivity contribution < 1.29 is 8.42 Å². The van der Waals surface area contributed by atoms with Crippen molar-refractivity contribution in [3.63, 3.8) is 0 Å². The lowest BCUT2D eigenvalue weighted by molar-refractivity contribution is 0.476. The smallest absolute Gasteiger partial charge is 0.208 e. The maximum absolute atomic E-state index is 12.3. The van der Waals surface area contributed by atoms with Gasteiger partial charge in [-0.3, -0.25) is 0 Å². The molecular weight excluding hydrogens is 382 g/mol. The molecule has 18 heavy (non-hydrogen) atoms. The van der Waals surface area contributed by atoms with Gasteiger partial charge in [0.05, 0.1) is 4.90 Å². The highest BCUT2D eigenvalue weighted by Gasteiger charge is 2.29. The Morgan fingerprint density at radius 1 is 1.28 bits per heavy atom. The number of nitrogens with one attached hydrogen (secondary N) is 1. The van der Waals surface area contributed by atoms with Crippen molar-refractivity contribution in [1.82, 2.24) is 4.72 Å². The second kappa shape index (κ2) is 5.61. The number of benzene rings is 1. The minimum Gasteiger partial charge on any atom is -0.208 e. The molecule has 1 N–H and O–H groups in total. The van der Waals surface area contributed by atoms with Crippen LogP contribution in [0.2, 0.25) is 0 Å². The lowest BCUT2D eigenvalue weighted by Crippen LogP contribution is -2.36. The highest BCUT2D eigenvalue weighted by molar-refractivity contribution is 9.11. The summed E-state index contributed by atoms with van der Waals surface area (Å²) in [5.41, 5.74) is 0. The summed E-state index contributed by atoms with van der Waals surface area (Å²) in [5, 5.41) is 0. The fraction of sp³-hybridized carbons (Fsp3) is 0.500. The normalized spacial score (nSPS) is 24.4. The largest absolute Gasteiger partial charge is 0.241 e. The Hall–Kier alpha value is 0.0900. The quantitative estimate of drug-likeness (QED) is 0.846. The number of sulfonamides is 1. The third-order valence-corrected chi connectivity index (χ3v) is 6.33. The summed E-state index contributed by atoms with van der Waals surface area (Å²) in [6.07, 6.45) is 3.10. The molecule has 1 aromatic rings. The molecule has 1 aliphatic carbocycles. The van der Waals surface area contributed by atoms with Crippen LogP contribution in [-0.4, -0.2) is 14.5 Å². The highest BCUT2D eigenvalue weighted by atomic mass is 79.9. The van der Waals surface area contributed by atoms with Gasteiger partial charge in [0.2, 0.25) is 10.0 Å². The first kappa shape index (κ1) is 14.5. The predicted molar refractivity (Wildman–Crippen MR) is 79.0 cm³/mol. The van der Waals surface area contributed by atoms with Crippen LogP contribution in [0.5, 0.6) is 0 Å². The Kier molecular flexibility index (Phi) is 4.52. The molecule has 0 saturated heterocycles. The zero-order valence-electron chi connectivity index (χ0n) is 9.99. The number of rotatable bonds is 3. The van der Waals surface area contributed by atoms with E-state index in [2.05, 4.69) is 43.5 Å². The molecule has 1 fully saturated rings. The molecule has 2 atom stereocenters. The monoisotopic (exact) mass is 395 g/mol. The van der Waals surface area contributed by atoms with Crippen LogP contribution in [-0.2, 0) is 10.0 Å². The zero-order chi connectivity index (χ0) is 13.3. The summed E-state index contributed by atoms with van der Waals surface area (Å²) in [4.78, 5) is 0.288. The molecule has 0 aromatic heterocycles. The first-order valence-corrected chi connectivity index (χ1v) is 8.94. The van der Waals surface area contributed by atoms with Crippen molar-refractivity contribution in [2.24, 2.45) is 5.92 Å². The average molecular weight is 397 g/mol. The molecule has 2 unspecified atom stereocenters. The van der Waals surface area contributed by atoms with Crippen LogP contribution in [0.15, 0.2) is 32.0 Å². The second-order valence-electron chi connectivity index (χ2n) is 4.71. The van der Waals surface area contributed by atoms with E-state index >= 15 is 0 Å². The Morgan fingerprint density at radius 2 is 2.00 bits per heavy atom. The van der Waals surface area contributed by atoms with Crippen LogP contribution in [0.3, 0.4) is 0 Å². The number of hydrogen-bond acceptors (Lipinski definition) is 2. The van der Waals surface area contributed by atoms with E-state index in [1.807, 2.05) is 0 Å². The average Bonchev–Trinajstić information content (AvgIpc) is 2.67. The standard InChI is InChI=1S/C12H15Br2NO2S/c1-8-3-2-4-11(8)15-18(16,17)12-7-9(13)5-6-10(12)14/h5-8,11,15H,2-4H2,1H3. The Bertz CT molecular complexity index is 545. The molecule has 6 heteroatoms. The summed E-state index contributed by atoms with van der Waals surface area (Å²) in [6, 6.07) is 5.21. The van der Waals surface area contributed by atoms with Crippen LogP contribution < -0.4 is 4.72 Å². The summed E-state index contributed by atoms with van der Waals surface area (Å²) in [5.74, 6) is 0.408. The van der Waals surface area contributed by atoms with Gasteiger partial charge in [0.25, 0.3) is 0 Å². The lowest BCUT2D eigenvalue weighted by Gasteiger charge is -2.18. The molecule has 3 nitrogen and oxygen atoms in total. The maximum atomic E-state index is 12.3. The molecule has 1 aliphatic rings. The van der Waals surface area contributed by atoms with E-state index < -0.39 is 10.0 Å². The van der Waals surface area contributed by atoms with Crippen molar-refractivity contribution >= 4 is 41.9 Å². The maximum Gasteiger partial charge on any atom is 0.241 e. The van der Waals surface area contributed by atoms with Gasteiger partial charge < -0.3 is 0 Å². The molecule has 1 aromatic carbocycles. The van der Waals surface area contributed by atoms with Crippen molar-refractivity contribution in [2.45, 2.75) is 37.1 Å². The molecular formula is C12H15Br2NO2S. The van der Waals surface area contributed by atoms with Gasteiger partial charge in [-0.2, -0.15) is 0 Å². The van der Waals surface area contributed by atoms with Gasteiger partial charge >= 0.3 is 0 Å². The van der Waals surface area contributed by atoms with Crippen molar-refractivity contribution in [3.8, 4) is 0 Å². The van der Waals surface area contributed by atoms with Gasteiger partial charge in [-0.1, -0.05) is 29.3 Å². The van der Waals surface area contributed by atoms with E-state index in [0.29, 0.717) is 10.4 Å². The van der Waals surface area contributed by atoms with Crippen LogP contribution in [0.25, 0.3) is 0 Å². The molecule has 0 heterocycles. The minimum atomic E-state index is -3.46. The molecule has 0 radical (unpaired) electrons. The van der Waals surface area contributed by atoms with Crippen molar-refractivity contribution in [2.75, 3.05) is 0 Å². The summed E-state index contributed by atoms with van der Waals surface area (Å²) in [6.45, 7) is 2.09. The first-order valence-electron chi connectivity index (χ1n) is 5.87. The van der Waals surface area contributed by atoms with E-state index in [1.165, 1.54) is 0 Å². The van der Waals surface area contributed by atoms with E-state index in [-0.39, 0.29) is 10.9 Å². The van der Waals surface area contributed by atoms with Gasteiger partial charge in [0, 0.05) is 15.0 Å². The van der Waals surface area contributed by atoms with Gasteiger partial charge in [-0.25, -0.2) is 13.1 Å². The number of halogens is 2. The molecule has 0 spiro atoms.